The first-order chi connectivity index (χ1) is 13.2. The molecule has 1 aliphatic carbocycles. The van der Waals surface area contributed by atoms with E-state index in [-0.39, 0.29) is 18.8 Å². The molecule has 4 nitrogen and oxygen atoms in total. The van der Waals surface area contributed by atoms with Crippen molar-refractivity contribution in [1.82, 2.24) is 0 Å². The molecule has 2 heterocycles. The summed E-state index contributed by atoms with van der Waals surface area (Å²) in [6.07, 6.45) is 6.03. The Bertz CT molecular complexity index is 761. The standard InChI is InChI=1S/C22H28O4S/c1-25-20-7-6-14(21-12-17(24)11-18(13-23)26-21)8-16(20)10-19-9-15-4-2-3-5-22(15)27-19/h6-9,17-18,21,23-24H,2-5,10-13H2,1H3. The van der Waals surface area contributed by atoms with Crippen molar-refractivity contribution < 1.29 is 19.7 Å². The summed E-state index contributed by atoms with van der Waals surface area (Å²) in [5.41, 5.74) is 3.73. The van der Waals surface area contributed by atoms with Gasteiger partial charge in [0.2, 0.25) is 0 Å². The van der Waals surface area contributed by atoms with Crippen molar-refractivity contribution in [2.75, 3.05) is 13.7 Å². The number of hydrogen-bond donors (Lipinski definition) is 2. The monoisotopic (exact) mass is 388 g/mol. The van der Waals surface area contributed by atoms with E-state index in [9.17, 15) is 10.2 Å². The number of methoxy groups -OCH3 is 1. The molecule has 0 amide bonds. The van der Waals surface area contributed by atoms with E-state index in [1.165, 1.54) is 36.1 Å². The van der Waals surface area contributed by atoms with E-state index in [0.29, 0.717) is 12.8 Å². The number of thiophene rings is 1. The van der Waals surface area contributed by atoms with Gasteiger partial charge in [0.1, 0.15) is 5.75 Å². The molecule has 1 aliphatic heterocycles. The van der Waals surface area contributed by atoms with Crippen LogP contribution in [-0.4, -0.2) is 36.1 Å². The molecule has 27 heavy (non-hydrogen) atoms. The first kappa shape index (κ1) is 18.9. The van der Waals surface area contributed by atoms with Crippen molar-refractivity contribution in [2.45, 2.75) is 63.3 Å². The molecule has 3 atom stereocenters. The Hall–Kier alpha value is -1.40. The van der Waals surface area contributed by atoms with Gasteiger partial charge >= 0.3 is 0 Å². The smallest absolute Gasteiger partial charge is 0.122 e. The van der Waals surface area contributed by atoms with Crippen LogP contribution in [-0.2, 0) is 24.0 Å². The van der Waals surface area contributed by atoms with Crippen molar-refractivity contribution >= 4 is 11.3 Å². The molecule has 0 radical (unpaired) electrons. The zero-order valence-electron chi connectivity index (χ0n) is 15.8. The maximum absolute atomic E-state index is 10.1. The molecule has 1 fully saturated rings. The second-order valence-corrected chi connectivity index (χ2v) is 8.89. The van der Waals surface area contributed by atoms with E-state index in [1.807, 2.05) is 23.5 Å². The summed E-state index contributed by atoms with van der Waals surface area (Å²) in [5.74, 6) is 0.889. The zero-order valence-corrected chi connectivity index (χ0v) is 16.6. The van der Waals surface area contributed by atoms with E-state index < -0.39 is 6.10 Å². The highest BCUT2D eigenvalue weighted by atomic mass is 32.1. The van der Waals surface area contributed by atoms with Crippen LogP contribution in [0.5, 0.6) is 5.75 Å². The van der Waals surface area contributed by atoms with Crippen LogP contribution in [0, 0.1) is 0 Å². The van der Waals surface area contributed by atoms with Gasteiger partial charge in [0, 0.05) is 29.0 Å². The Morgan fingerprint density at radius 1 is 1.19 bits per heavy atom. The highest BCUT2D eigenvalue weighted by Gasteiger charge is 2.29. The lowest BCUT2D eigenvalue weighted by Gasteiger charge is -2.32. The number of rotatable bonds is 5. The molecular formula is C22H28O4S. The lowest BCUT2D eigenvalue weighted by Crippen LogP contribution is -2.33. The van der Waals surface area contributed by atoms with Crippen molar-refractivity contribution in [1.29, 1.82) is 0 Å². The Labute approximate surface area is 164 Å². The largest absolute Gasteiger partial charge is 0.496 e. The maximum Gasteiger partial charge on any atom is 0.122 e. The van der Waals surface area contributed by atoms with Gasteiger partial charge < -0.3 is 19.7 Å². The van der Waals surface area contributed by atoms with E-state index >= 15 is 0 Å². The third-order valence-electron chi connectivity index (χ3n) is 5.67. The summed E-state index contributed by atoms with van der Waals surface area (Å²) >= 11 is 1.94. The average molecular weight is 389 g/mol. The molecule has 0 saturated carbocycles. The predicted molar refractivity (Wildman–Crippen MR) is 107 cm³/mol. The van der Waals surface area contributed by atoms with Crippen molar-refractivity contribution in [3.63, 3.8) is 0 Å². The molecule has 2 N–H and O–H groups in total. The summed E-state index contributed by atoms with van der Waals surface area (Å²) in [6, 6.07) is 8.53. The number of benzene rings is 1. The summed E-state index contributed by atoms with van der Waals surface area (Å²) in [5, 5.41) is 19.6. The third-order valence-corrected chi connectivity index (χ3v) is 6.91. The molecule has 1 aromatic heterocycles. The van der Waals surface area contributed by atoms with Crippen LogP contribution in [0.4, 0.5) is 0 Å². The summed E-state index contributed by atoms with van der Waals surface area (Å²) in [7, 11) is 1.71. The van der Waals surface area contributed by atoms with Gasteiger partial charge in [0.25, 0.3) is 0 Å². The normalized spacial score (nSPS) is 25.2. The minimum absolute atomic E-state index is 0.0582. The van der Waals surface area contributed by atoms with Gasteiger partial charge in [-0.2, -0.15) is 0 Å². The summed E-state index contributed by atoms with van der Waals surface area (Å²) in [6.45, 7) is -0.0582. The van der Waals surface area contributed by atoms with Crippen molar-refractivity contribution in [2.24, 2.45) is 0 Å². The molecule has 5 heteroatoms. The van der Waals surface area contributed by atoms with Crippen molar-refractivity contribution in [3.05, 3.63) is 50.7 Å². The summed E-state index contributed by atoms with van der Waals surface area (Å²) in [4.78, 5) is 2.94. The Balaban J connectivity index is 1.58. The fourth-order valence-corrected chi connectivity index (χ4v) is 5.57. The lowest BCUT2D eigenvalue weighted by atomic mass is 9.94. The van der Waals surface area contributed by atoms with Crippen LogP contribution in [0.2, 0.25) is 0 Å². The molecule has 1 saturated heterocycles. The van der Waals surface area contributed by atoms with Crippen LogP contribution < -0.4 is 4.74 Å². The van der Waals surface area contributed by atoms with Gasteiger partial charge in [0.15, 0.2) is 0 Å². The number of ether oxygens (including phenoxy) is 2. The quantitative estimate of drug-likeness (QED) is 0.818. The van der Waals surface area contributed by atoms with Crippen LogP contribution in [0.1, 0.15) is 58.2 Å². The molecule has 3 unspecified atom stereocenters. The predicted octanol–water partition coefficient (Wildman–Crippen LogP) is 3.80. The lowest BCUT2D eigenvalue weighted by molar-refractivity contribution is -0.113. The molecule has 2 aliphatic rings. The molecule has 146 valence electrons. The molecule has 1 aromatic carbocycles. The van der Waals surface area contributed by atoms with Crippen molar-refractivity contribution in [3.8, 4) is 5.75 Å². The van der Waals surface area contributed by atoms with Gasteiger partial charge in [-0.1, -0.05) is 6.07 Å². The second kappa shape index (κ2) is 8.31. The minimum Gasteiger partial charge on any atom is -0.496 e. The molecule has 2 aromatic rings. The van der Waals surface area contributed by atoms with Crippen LogP contribution in [0.25, 0.3) is 0 Å². The minimum atomic E-state index is -0.435. The van der Waals surface area contributed by atoms with Gasteiger partial charge in [0.05, 0.1) is 32.0 Å². The Kier molecular flexibility index (Phi) is 5.83. The van der Waals surface area contributed by atoms with Crippen LogP contribution >= 0.6 is 11.3 Å². The van der Waals surface area contributed by atoms with E-state index in [1.54, 1.807) is 12.0 Å². The number of aryl methyl sites for hydroxylation is 2. The molecule has 4 rings (SSSR count). The van der Waals surface area contributed by atoms with E-state index in [4.69, 9.17) is 9.47 Å². The van der Waals surface area contributed by atoms with E-state index in [2.05, 4.69) is 12.1 Å². The SMILES string of the molecule is COc1ccc(C2CC(O)CC(CO)O2)cc1Cc1cc2c(s1)CCCC2. The number of hydrogen-bond acceptors (Lipinski definition) is 5. The first-order valence-corrected chi connectivity index (χ1v) is 10.7. The zero-order chi connectivity index (χ0) is 18.8. The fraction of sp³-hybridized carbons (Fsp3) is 0.545. The molecule has 0 bridgehead atoms. The van der Waals surface area contributed by atoms with Crippen LogP contribution in [0.15, 0.2) is 24.3 Å². The first-order valence-electron chi connectivity index (χ1n) is 9.88. The number of fused-ring (bicyclic) bond motifs is 1. The van der Waals surface area contributed by atoms with Gasteiger partial charge in [-0.15, -0.1) is 11.3 Å². The average Bonchev–Trinajstić information content (AvgIpc) is 3.09. The fourth-order valence-electron chi connectivity index (χ4n) is 4.29. The van der Waals surface area contributed by atoms with Gasteiger partial charge in [-0.05, 0) is 60.6 Å². The second-order valence-electron chi connectivity index (χ2n) is 7.67. The van der Waals surface area contributed by atoms with Gasteiger partial charge in [-0.25, -0.2) is 0 Å². The third kappa shape index (κ3) is 4.21. The number of aliphatic hydroxyl groups is 2. The van der Waals surface area contributed by atoms with Gasteiger partial charge in [-0.3, -0.25) is 0 Å². The molecular weight excluding hydrogens is 360 g/mol. The Morgan fingerprint density at radius 3 is 2.81 bits per heavy atom. The topological polar surface area (TPSA) is 58.9 Å². The highest BCUT2D eigenvalue weighted by Crippen LogP contribution is 2.36. The molecule has 0 spiro atoms. The number of aliphatic hydroxyl groups excluding tert-OH is 2. The van der Waals surface area contributed by atoms with Crippen LogP contribution in [0.3, 0.4) is 0 Å². The highest BCUT2D eigenvalue weighted by molar-refractivity contribution is 7.12. The van der Waals surface area contributed by atoms with E-state index in [0.717, 1.165) is 23.3 Å². The Morgan fingerprint density at radius 2 is 2.04 bits per heavy atom. The maximum atomic E-state index is 10.1. The summed E-state index contributed by atoms with van der Waals surface area (Å²) < 4.78 is 11.6.